The number of carboxylic acid groups (broad SMARTS) is 1. The fourth-order valence-corrected chi connectivity index (χ4v) is 3.50. The summed E-state index contributed by atoms with van der Waals surface area (Å²) in [5.41, 5.74) is 0.0808. The zero-order valence-corrected chi connectivity index (χ0v) is 17.0. The molecular weight excluding hydrogens is 453 g/mol. The summed E-state index contributed by atoms with van der Waals surface area (Å²) in [6.45, 7) is -0.128. The van der Waals surface area contributed by atoms with E-state index in [1.165, 1.54) is 35.3 Å². The quantitative estimate of drug-likeness (QED) is 0.407. The van der Waals surface area contributed by atoms with Gasteiger partial charge in [0.15, 0.2) is 0 Å². The molecule has 3 heterocycles. The van der Waals surface area contributed by atoms with Gasteiger partial charge in [0.2, 0.25) is 5.88 Å². The van der Waals surface area contributed by atoms with E-state index in [-0.39, 0.29) is 45.8 Å². The highest BCUT2D eigenvalue weighted by molar-refractivity contribution is 5.87. The zero-order chi connectivity index (χ0) is 24.0. The van der Waals surface area contributed by atoms with E-state index in [2.05, 4.69) is 20.2 Å². The third-order valence-electron chi connectivity index (χ3n) is 5.12. The molecule has 9 nitrogen and oxygen atoms in total. The predicted octanol–water partition coefficient (Wildman–Crippen LogP) is 3.55. The first-order valence-electron chi connectivity index (χ1n) is 9.75. The summed E-state index contributed by atoms with van der Waals surface area (Å²) >= 11 is 0. The Morgan fingerprint density at radius 3 is 2.41 bits per heavy atom. The first kappa shape index (κ1) is 21.1. The van der Waals surface area contributed by atoms with Crippen molar-refractivity contribution < 1.29 is 28.2 Å². The van der Waals surface area contributed by atoms with E-state index in [4.69, 9.17) is 5.11 Å². The molecule has 0 aliphatic heterocycles. The lowest BCUT2D eigenvalue weighted by Crippen LogP contribution is -2.06. The van der Waals surface area contributed by atoms with Gasteiger partial charge >= 0.3 is 5.97 Å². The Bertz CT molecular complexity index is 1560. The van der Waals surface area contributed by atoms with Gasteiger partial charge in [-0.1, -0.05) is 18.2 Å². The van der Waals surface area contributed by atoms with Crippen LogP contribution in [0.5, 0.6) is 5.88 Å². The number of rotatable bonds is 5. The smallest absolute Gasteiger partial charge is 0.338 e. The van der Waals surface area contributed by atoms with Crippen LogP contribution in [0, 0.1) is 17.5 Å². The van der Waals surface area contributed by atoms with Crippen molar-refractivity contribution in [2.75, 3.05) is 0 Å². The minimum Gasteiger partial charge on any atom is -0.492 e. The van der Waals surface area contributed by atoms with Gasteiger partial charge in [0.25, 0.3) is 5.95 Å². The molecule has 0 radical (unpaired) electrons. The van der Waals surface area contributed by atoms with Crippen LogP contribution in [0.1, 0.15) is 15.9 Å². The lowest BCUT2D eigenvalue weighted by Gasteiger charge is -2.10. The molecule has 0 atom stereocenters. The highest BCUT2D eigenvalue weighted by atomic mass is 19.1. The van der Waals surface area contributed by atoms with Crippen LogP contribution in [-0.4, -0.2) is 45.7 Å². The van der Waals surface area contributed by atoms with E-state index in [0.29, 0.717) is 0 Å². The monoisotopic (exact) mass is 466 g/mol. The molecule has 2 aromatic carbocycles. The van der Waals surface area contributed by atoms with E-state index in [1.807, 2.05) is 0 Å². The molecule has 170 valence electrons. The fraction of sp³-hybridized carbons (Fsp3) is 0.0455. The summed E-state index contributed by atoms with van der Waals surface area (Å²) in [7, 11) is 0. The topological polar surface area (TPSA) is 119 Å². The van der Waals surface area contributed by atoms with Gasteiger partial charge in [0, 0.05) is 11.8 Å². The van der Waals surface area contributed by atoms with E-state index in [9.17, 15) is 23.1 Å². The lowest BCUT2D eigenvalue weighted by atomic mass is 10.0. The number of aromatic hydroxyl groups is 1. The number of hydrogen-bond acceptors (Lipinski definition) is 6. The van der Waals surface area contributed by atoms with Gasteiger partial charge in [-0.3, -0.25) is 4.68 Å². The number of fused-ring (bicyclic) bond motifs is 1. The van der Waals surface area contributed by atoms with Crippen molar-refractivity contribution >= 4 is 17.0 Å². The van der Waals surface area contributed by atoms with Crippen molar-refractivity contribution in [3.63, 3.8) is 0 Å². The highest BCUT2D eigenvalue weighted by Crippen LogP contribution is 2.29. The van der Waals surface area contributed by atoms with Crippen LogP contribution in [0.25, 0.3) is 28.1 Å². The molecule has 3 aromatic heterocycles. The molecule has 0 fully saturated rings. The molecule has 34 heavy (non-hydrogen) atoms. The van der Waals surface area contributed by atoms with Gasteiger partial charge in [-0.25, -0.2) is 27.6 Å². The van der Waals surface area contributed by atoms with Gasteiger partial charge in [-0.15, -0.1) is 0 Å². The van der Waals surface area contributed by atoms with E-state index in [1.54, 1.807) is 0 Å². The standard InChI is InChI=1S/C22H13F3N6O3/c23-14-2-1-3-15(24)18(14)11-4-5-12(16(25)6-11)9-30-19-17(8-27-30)28-22(29-20(19)32)31-10-13(7-26-31)21(33)34/h1-8,10H,9H2,(H,33,34)(H,28,29,32). The third-order valence-corrected chi connectivity index (χ3v) is 5.12. The van der Waals surface area contributed by atoms with Crippen LogP contribution in [-0.2, 0) is 6.54 Å². The number of carboxylic acids is 1. The molecule has 2 N–H and O–H groups in total. The SMILES string of the molecule is O=C(O)c1cnn(-c2nc(O)c3c(cnn3Cc3ccc(-c4c(F)cccc4F)cc3F)n2)c1. The maximum Gasteiger partial charge on any atom is 0.338 e. The normalized spacial score (nSPS) is 11.3. The molecule has 0 saturated carbocycles. The molecule has 5 rings (SSSR count). The summed E-state index contributed by atoms with van der Waals surface area (Å²) in [6, 6.07) is 7.17. The predicted molar refractivity (Wildman–Crippen MR) is 112 cm³/mol. The van der Waals surface area contributed by atoms with Gasteiger partial charge in [-0.2, -0.15) is 15.2 Å². The zero-order valence-electron chi connectivity index (χ0n) is 17.0. The Morgan fingerprint density at radius 2 is 1.74 bits per heavy atom. The van der Waals surface area contributed by atoms with Crippen LogP contribution < -0.4 is 0 Å². The van der Waals surface area contributed by atoms with E-state index >= 15 is 0 Å². The number of hydrogen-bond donors (Lipinski definition) is 2. The molecular formula is C22H13F3N6O3. The summed E-state index contributed by atoms with van der Waals surface area (Å²) in [4.78, 5) is 19.2. The number of carbonyl (C=O) groups is 1. The number of aromatic nitrogens is 6. The minimum absolute atomic E-state index is 0.0398. The number of benzene rings is 2. The highest BCUT2D eigenvalue weighted by Gasteiger charge is 2.18. The van der Waals surface area contributed by atoms with E-state index < -0.39 is 29.3 Å². The largest absolute Gasteiger partial charge is 0.492 e. The maximum absolute atomic E-state index is 14.8. The first-order valence-corrected chi connectivity index (χ1v) is 9.75. The Kier molecular flexibility index (Phi) is 4.97. The summed E-state index contributed by atoms with van der Waals surface area (Å²) < 4.78 is 45.2. The maximum atomic E-state index is 14.8. The Labute approximate surface area is 188 Å². The average Bonchev–Trinajstić information content (AvgIpc) is 3.43. The second kappa shape index (κ2) is 7.99. The van der Waals surface area contributed by atoms with Gasteiger partial charge in [0.05, 0.1) is 30.1 Å². The molecule has 0 aliphatic rings. The second-order valence-electron chi connectivity index (χ2n) is 7.26. The molecule has 5 aromatic rings. The van der Waals surface area contributed by atoms with Crippen LogP contribution in [0.4, 0.5) is 13.2 Å². The van der Waals surface area contributed by atoms with Gasteiger partial charge < -0.3 is 10.2 Å². The summed E-state index contributed by atoms with van der Waals surface area (Å²) in [6.07, 6.45) is 3.61. The van der Waals surface area contributed by atoms with Crippen molar-refractivity contribution in [2.24, 2.45) is 0 Å². The lowest BCUT2D eigenvalue weighted by molar-refractivity contribution is 0.0697. The van der Waals surface area contributed by atoms with Gasteiger partial charge in [-0.05, 0) is 23.8 Å². The van der Waals surface area contributed by atoms with Crippen LogP contribution in [0.15, 0.2) is 55.0 Å². The van der Waals surface area contributed by atoms with Crippen molar-refractivity contribution in [1.82, 2.24) is 29.5 Å². The Hall–Kier alpha value is -4.74. The van der Waals surface area contributed by atoms with Crippen molar-refractivity contribution in [3.05, 3.63) is 83.6 Å². The molecule has 0 aliphatic carbocycles. The van der Waals surface area contributed by atoms with Crippen molar-refractivity contribution in [1.29, 1.82) is 0 Å². The number of halogens is 3. The Balaban J connectivity index is 1.48. The summed E-state index contributed by atoms with van der Waals surface area (Å²) in [5, 5.41) is 27.4. The van der Waals surface area contributed by atoms with Crippen LogP contribution in [0.2, 0.25) is 0 Å². The average molecular weight is 466 g/mol. The first-order chi connectivity index (χ1) is 16.3. The van der Waals surface area contributed by atoms with Crippen LogP contribution in [0.3, 0.4) is 0 Å². The van der Waals surface area contributed by atoms with Crippen molar-refractivity contribution in [2.45, 2.75) is 6.54 Å². The Morgan fingerprint density at radius 1 is 0.971 bits per heavy atom. The van der Waals surface area contributed by atoms with Crippen LogP contribution >= 0.6 is 0 Å². The summed E-state index contributed by atoms with van der Waals surface area (Å²) in [5.74, 6) is -4.09. The minimum atomic E-state index is -1.19. The second-order valence-corrected chi connectivity index (χ2v) is 7.26. The number of aromatic carboxylic acids is 1. The molecule has 0 bridgehead atoms. The number of nitrogens with zero attached hydrogens (tertiary/aromatic N) is 6. The fourth-order valence-electron chi connectivity index (χ4n) is 3.50. The molecule has 12 heteroatoms. The molecule has 0 spiro atoms. The molecule has 0 saturated heterocycles. The van der Waals surface area contributed by atoms with E-state index in [0.717, 1.165) is 29.1 Å². The van der Waals surface area contributed by atoms with Gasteiger partial charge in [0.1, 0.15) is 28.5 Å². The third kappa shape index (κ3) is 3.60. The van der Waals surface area contributed by atoms with Crippen molar-refractivity contribution in [3.8, 4) is 23.0 Å². The molecule has 0 unspecified atom stereocenters. The molecule has 0 amide bonds.